The molecule has 5 unspecified atom stereocenters. The van der Waals surface area contributed by atoms with Gasteiger partial charge in [0, 0.05) is 24.0 Å². The molecule has 4 bridgehead atoms. The Balaban J connectivity index is 1.20. The van der Waals surface area contributed by atoms with E-state index in [9.17, 15) is 9.59 Å². The maximum absolute atomic E-state index is 13.5. The molecule has 198 valence electrons. The van der Waals surface area contributed by atoms with Crippen molar-refractivity contribution in [2.45, 2.75) is 55.4 Å². The van der Waals surface area contributed by atoms with Crippen molar-refractivity contribution in [3.05, 3.63) is 36.1 Å². The summed E-state index contributed by atoms with van der Waals surface area (Å²) >= 11 is 1.40. The van der Waals surface area contributed by atoms with Crippen LogP contribution in [0, 0.1) is 29.1 Å². The number of ether oxygens (including phenoxy) is 2. The van der Waals surface area contributed by atoms with Gasteiger partial charge in [0.15, 0.2) is 0 Å². The number of nitrogens with zero attached hydrogens (tertiary/aromatic N) is 2. The average Bonchev–Trinajstić information content (AvgIpc) is 3.52. The van der Waals surface area contributed by atoms with Crippen LogP contribution in [-0.4, -0.2) is 60.8 Å². The maximum Gasteiger partial charge on any atom is 0.291 e. The fraction of sp³-hybridized carbons (Fsp3) is 0.607. The molecule has 0 radical (unpaired) electrons. The molecule has 4 aliphatic carbocycles. The average molecular weight is 526 g/mol. The highest BCUT2D eigenvalue weighted by Gasteiger charge is 2.54. The number of hydrogen-bond acceptors (Lipinski definition) is 7. The van der Waals surface area contributed by atoms with Gasteiger partial charge in [-0.15, -0.1) is 0 Å². The Morgan fingerprint density at radius 1 is 1.11 bits per heavy atom. The first-order valence-corrected chi connectivity index (χ1v) is 14.2. The molecule has 7 rings (SSSR count). The first-order chi connectivity index (χ1) is 17.9. The van der Waals surface area contributed by atoms with Crippen LogP contribution in [0.5, 0.6) is 5.88 Å². The van der Waals surface area contributed by atoms with Gasteiger partial charge in [0.25, 0.3) is 11.8 Å². The Bertz CT molecular complexity index is 1140. The molecule has 2 amide bonds. The highest BCUT2D eigenvalue weighted by molar-refractivity contribution is 7.99. The summed E-state index contributed by atoms with van der Waals surface area (Å²) in [6, 6.07) is 10.0. The number of rotatable bonds is 8. The number of carbonyl (C=O) groups excluding carboxylic acids is 2. The van der Waals surface area contributed by atoms with Crippen LogP contribution in [0.2, 0.25) is 0 Å². The van der Waals surface area contributed by atoms with Gasteiger partial charge in [-0.3, -0.25) is 9.59 Å². The van der Waals surface area contributed by atoms with E-state index in [2.05, 4.69) is 10.5 Å². The molecule has 5 fully saturated rings. The van der Waals surface area contributed by atoms with Gasteiger partial charge in [0.2, 0.25) is 11.7 Å². The lowest BCUT2D eigenvalue weighted by Gasteiger charge is -2.33. The maximum atomic E-state index is 13.5. The summed E-state index contributed by atoms with van der Waals surface area (Å²) < 4.78 is 17.1. The van der Waals surface area contributed by atoms with Crippen LogP contribution >= 0.6 is 11.8 Å². The molecular weight excluding hydrogens is 490 g/mol. The quantitative estimate of drug-likeness (QED) is 0.551. The van der Waals surface area contributed by atoms with Gasteiger partial charge in [0.1, 0.15) is 11.5 Å². The highest BCUT2D eigenvalue weighted by Crippen LogP contribution is 2.58. The number of nitrogens with one attached hydrogen (secondary N) is 1. The molecule has 1 aliphatic heterocycles. The van der Waals surface area contributed by atoms with Crippen LogP contribution < -0.4 is 10.1 Å². The molecule has 2 heterocycles. The summed E-state index contributed by atoms with van der Waals surface area (Å²) in [6.45, 7) is 6.11. The highest BCUT2D eigenvalue weighted by atomic mass is 32.2. The normalized spacial score (nSPS) is 28.5. The minimum Gasteiger partial charge on any atom is -0.474 e. The lowest BCUT2D eigenvalue weighted by Crippen LogP contribution is -2.48. The van der Waals surface area contributed by atoms with Gasteiger partial charge < -0.3 is 24.2 Å². The standard InChI is InChI=1S/C28H35N3O5S/c1-28(2,27(33)31-8-10-34-11-9-31)16-35-26-24(37-20-6-4-3-5-7-20)23(36-30-26)25(32)29-22-19-13-17-12-18(15-19)21(22)14-17/h3-7,17-19,21-22H,8-16H2,1-2H3,(H,29,32). The number of morpholine rings is 1. The molecule has 5 aliphatic rings. The summed E-state index contributed by atoms with van der Waals surface area (Å²) in [6.07, 6.45) is 5.01. The van der Waals surface area contributed by atoms with E-state index in [1.165, 1.54) is 37.4 Å². The first-order valence-electron chi connectivity index (χ1n) is 13.4. The van der Waals surface area contributed by atoms with Crippen LogP contribution in [0.4, 0.5) is 0 Å². The van der Waals surface area contributed by atoms with Crippen molar-refractivity contribution < 1.29 is 23.6 Å². The molecule has 9 heteroatoms. The van der Waals surface area contributed by atoms with E-state index >= 15 is 0 Å². The number of carbonyl (C=O) groups is 2. The summed E-state index contributed by atoms with van der Waals surface area (Å²) in [5.74, 6) is 2.97. The molecule has 1 saturated heterocycles. The van der Waals surface area contributed by atoms with E-state index < -0.39 is 5.41 Å². The van der Waals surface area contributed by atoms with Gasteiger partial charge >= 0.3 is 0 Å². The van der Waals surface area contributed by atoms with Crippen LogP contribution in [0.3, 0.4) is 0 Å². The molecule has 0 spiro atoms. The Labute approximate surface area is 221 Å². The first kappa shape index (κ1) is 24.8. The Hall–Kier alpha value is -2.52. The summed E-state index contributed by atoms with van der Waals surface area (Å²) in [5, 5.41) is 7.47. The van der Waals surface area contributed by atoms with Crippen molar-refractivity contribution in [1.29, 1.82) is 0 Å². The Morgan fingerprint density at radius 2 is 1.86 bits per heavy atom. The second-order valence-corrected chi connectivity index (χ2v) is 12.7. The van der Waals surface area contributed by atoms with Crippen LogP contribution in [-0.2, 0) is 9.53 Å². The van der Waals surface area contributed by atoms with Crippen molar-refractivity contribution in [1.82, 2.24) is 15.4 Å². The van der Waals surface area contributed by atoms with Crippen molar-refractivity contribution >= 4 is 23.6 Å². The predicted molar refractivity (Wildman–Crippen MR) is 137 cm³/mol. The van der Waals surface area contributed by atoms with Gasteiger partial charge in [-0.25, -0.2) is 0 Å². The van der Waals surface area contributed by atoms with Crippen LogP contribution in [0.25, 0.3) is 0 Å². The predicted octanol–water partition coefficient (Wildman–Crippen LogP) is 4.25. The second-order valence-electron chi connectivity index (χ2n) is 11.6. The molecule has 5 atom stereocenters. The molecule has 1 aromatic carbocycles. The van der Waals surface area contributed by atoms with Crippen LogP contribution in [0.15, 0.2) is 44.6 Å². The second kappa shape index (κ2) is 9.98. The molecule has 8 nitrogen and oxygen atoms in total. The lowest BCUT2D eigenvalue weighted by atomic mass is 9.79. The van der Waals surface area contributed by atoms with Crippen LogP contribution in [0.1, 0.15) is 50.1 Å². The van der Waals surface area contributed by atoms with E-state index in [1.54, 1.807) is 0 Å². The summed E-state index contributed by atoms with van der Waals surface area (Å²) in [7, 11) is 0. The zero-order chi connectivity index (χ0) is 25.6. The third-order valence-electron chi connectivity index (χ3n) is 8.59. The number of hydrogen-bond donors (Lipinski definition) is 1. The topological polar surface area (TPSA) is 93.9 Å². The monoisotopic (exact) mass is 525 g/mol. The Morgan fingerprint density at radius 3 is 2.62 bits per heavy atom. The molecule has 2 aromatic rings. The number of benzene rings is 1. The minimum atomic E-state index is -0.768. The van der Waals surface area contributed by atoms with Gasteiger partial charge in [-0.1, -0.05) is 30.0 Å². The van der Waals surface area contributed by atoms with E-state index in [0.29, 0.717) is 43.0 Å². The minimum absolute atomic E-state index is 0.0145. The summed E-state index contributed by atoms with van der Waals surface area (Å²) in [5.41, 5.74) is -0.768. The van der Waals surface area contributed by atoms with E-state index in [-0.39, 0.29) is 36.1 Å². The molecule has 1 N–H and O–H groups in total. The van der Waals surface area contributed by atoms with Crippen molar-refractivity contribution in [2.75, 3.05) is 32.9 Å². The fourth-order valence-electron chi connectivity index (χ4n) is 6.88. The van der Waals surface area contributed by atoms with E-state index in [4.69, 9.17) is 14.0 Å². The zero-order valence-electron chi connectivity index (χ0n) is 21.5. The molecule has 4 saturated carbocycles. The van der Waals surface area contributed by atoms with Gasteiger partial charge in [0.05, 0.1) is 18.6 Å². The Kier molecular flexibility index (Phi) is 6.69. The smallest absolute Gasteiger partial charge is 0.291 e. The van der Waals surface area contributed by atoms with Gasteiger partial charge in [-0.2, -0.15) is 0 Å². The van der Waals surface area contributed by atoms with Gasteiger partial charge in [-0.05, 0) is 80.5 Å². The lowest BCUT2D eigenvalue weighted by molar-refractivity contribution is -0.146. The zero-order valence-corrected chi connectivity index (χ0v) is 22.3. The molecule has 1 aromatic heterocycles. The fourth-order valence-corrected chi connectivity index (χ4v) is 7.82. The molecule has 37 heavy (non-hydrogen) atoms. The molecular formula is C28H35N3O5S. The van der Waals surface area contributed by atoms with E-state index in [0.717, 1.165) is 16.7 Å². The van der Waals surface area contributed by atoms with Crippen molar-refractivity contribution in [3.8, 4) is 5.88 Å². The summed E-state index contributed by atoms with van der Waals surface area (Å²) in [4.78, 5) is 29.9. The van der Waals surface area contributed by atoms with Crippen molar-refractivity contribution in [2.24, 2.45) is 29.1 Å². The number of aromatic nitrogens is 1. The third-order valence-corrected chi connectivity index (χ3v) is 9.66. The van der Waals surface area contributed by atoms with E-state index in [1.807, 2.05) is 49.1 Å². The largest absolute Gasteiger partial charge is 0.474 e. The van der Waals surface area contributed by atoms with Crippen molar-refractivity contribution in [3.63, 3.8) is 0 Å². The third kappa shape index (κ3) is 4.88. The number of amides is 2. The SMILES string of the molecule is CC(C)(COc1noc(C(=O)NC2C3CC4CC(C3)C2C4)c1Sc1ccccc1)C(=O)N1CCOCC1.